The van der Waals surface area contributed by atoms with Crippen molar-refractivity contribution in [2.24, 2.45) is 0 Å². The third kappa shape index (κ3) is 5.68. The summed E-state index contributed by atoms with van der Waals surface area (Å²) in [7, 11) is 3.35. The first-order valence-electron chi connectivity index (χ1n) is 8.39. The molecule has 0 N–H and O–H groups in total. The van der Waals surface area contributed by atoms with Crippen LogP contribution in [0.25, 0.3) is 0 Å². The Hall–Kier alpha value is -1.30. The Bertz CT molecular complexity index is 471. The van der Waals surface area contributed by atoms with E-state index in [2.05, 4.69) is 35.8 Å². The summed E-state index contributed by atoms with van der Waals surface area (Å²) in [4.78, 5) is 4.97. The zero-order valence-electron chi connectivity index (χ0n) is 14.9. The molecule has 0 spiro atoms. The lowest BCUT2D eigenvalue weighted by Crippen LogP contribution is -2.46. The summed E-state index contributed by atoms with van der Waals surface area (Å²) in [5.74, 6) is 1.58. The van der Waals surface area contributed by atoms with Gasteiger partial charge in [0.25, 0.3) is 0 Å². The Morgan fingerprint density at radius 1 is 0.957 bits per heavy atom. The van der Waals surface area contributed by atoms with Crippen LogP contribution in [-0.2, 0) is 11.3 Å². The third-order valence-electron chi connectivity index (χ3n) is 4.18. The van der Waals surface area contributed by atoms with E-state index >= 15 is 0 Å². The molecule has 0 unspecified atom stereocenters. The fourth-order valence-electron chi connectivity index (χ4n) is 2.83. The number of piperazine rings is 1. The normalized spacial score (nSPS) is 16.7. The van der Waals surface area contributed by atoms with E-state index in [4.69, 9.17) is 14.2 Å². The molecule has 0 amide bonds. The van der Waals surface area contributed by atoms with Gasteiger partial charge in [-0.3, -0.25) is 9.80 Å². The van der Waals surface area contributed by atoms with Gasteiger partial charge in [-0.1, -0.05) is 6.07 Å². The van der Waals surface area contributed by atoms with Crippen molar-refractivity contribution >= 4 is 0 Å². The van der Waals surface area contributed by atoms with Crippen LogP contribution in [0, 0.1) is 0 Å². The summed E-state index contributed by atoms with van der Waals surface area (Å²) < 4.78 is 16.3. The van der Waals surface area contributed by atoms with Gasteiger partial charge in [0, 0.05) is 39.3 Å². The molecule has 5 nitrogen and oxygen atoms in total. The van der Waals surface area contributed by atoms with Gasteiger partial charge < -0.3 is 14.2 Å². The van der Waals surface area contributed by atoms with Crippen molar-refractivity contribution in [2.45, 2.75) is 26.5 Å². The second kappa shape index (κ2) is 9.11. The fourth-order valence-corrected chi connectivity index (χ4v) is 2.83. The second-order valence-corrected chi connectivity index (χ2v) is 6.23. The third-order valence-corrected chi connectivity index (χ3v) is 4.18. The number of hydrogen-bond donors (Lipinski definition) is 0. The molecule has 2 rings (SSSR count). The molecule has 0 aromatic heterocycles. The highest BCUT2D eigenvalue weighted by atomic mass is 16.5. The molecular formula is C18H30N2O3. The molecular weight excluding hydrogens is 292 g/mol. The second-order valence-electron chi connectivity index (χ2n) is 6.23. The van der Waals surface area contributed by atoms with Crippen LogP contribution in [0.4, 0.5) is 0 Å². The maximum atomic E-state index is 5.63. The van der Waals surface area contributed by atoms with Crippen LogP contribution in [-0.4, -0.2) is 69.5 Å². The van der Waals surface area contributed by atoms with Crippen molar-refractivity contribution in [3.63, 3.8) is 0 Å². The van der Waals surface area contributed by atoms with Crippen molar-refractivity contribution in [3.05, 3.63) is 23.8 Å². The Morgan fingerprint density at radius 2 is 1.61 bits per heavy atom. The summed E-state index contributed by atoms with van der Waals surface area (Å²) in [6, 6.07) is 6.17. The number of rotatable bonds is 8. The molecule has 1 aliphatic heterocycles. The van der Waals surface area contributed by atoms with Crippen LogP contribution in [0.15, 0.2) is 18.2 Å². The molecule has 1 fully saturated rings. The average molecular weight is 322 g/mol. The first-order valence-corrected chi connectivity index (χ1v) is 8.39. The van der Waals surface area contributed by atoms with E-state index in [1.807, 2.05) is 6.07 Å². The predicted molar refractivity (Wildman–Crippen MR) is 92.4 cm³/mol. The molecule has 0 saturated carbocycles. The number of methoxy groups -OCH3 is 2. The standard InChI is InChI=1S/C18H30N2O3/c1-15(2)23-12-11-19-7-9-20(10-8-19)14-16-5-6-17(21-3)18(13-16)22-4/h5-6,13,15H,7-12,14H2,1-4H3. The largest absolute Gasteiger partial charge is 0.493 e. The van der Waals surface area contributed by atoms with E-state index in [1.165, 1.54) is 5.56 Å². The molecule has 23 heavy (non-hydrogen) atoms. The highest BCUT2D eigenvalue weighted by molar-refractivity contribution is 5.42. The molecule has 0 atom stereocenters. The van der Waals surface area contributed by atoms with E-state index in [1.54, 1.807) is 14.2 Å². The van der Waals surface area contributed by atoms with Crippen LogP contribution in [0.5, 0.6) is 11.5 Å². The first-order chi connectivity index (χ1) is 11.1. The summed E-state index contributed by atoms with van der Waals surface area (Å²) in [6.07, 6.45) is 0.321. The van der Waals surface area contributed by atoms with Crippen molar-refractivity contribution < 1.29 is 14.2 Å². The molecule has 1 heterocycles. The van der Waals surface area contributed by atoms with Crippen molar-refractivity contribution in [1.29, 1.82) is 0 Å². The van der Waals surface area contributed by atoms with E-state index in [0.29, 0.717) is 6.10 Å². The molecule has 5 heteroatoms. The first kappa shape index (κ1) is 18.0. The van der Waals surface area contributed by atoms with Gasteiger partial charge in [-0.25, -0.2) is 0 Å². The molecule has 1 saturated heterocycles. The maximum absolute atomic E-state index is 5.63. The lowest BCUT2D eigenvalue weighted by Gasteiger charge is -2.34. The van der Waals surface area contributed by atoms with Gasteiger partial charge in [0.15, 0.2) is 11.5 Å². The summed E-state index contributed by atoms with van der Waals surface area (Å²) in [5.41, 5.74) is 1.26. The Kier molecular flexibility index (Phi) is 7.15. The Morgan fingerprint density at radius 3 is 2.22 bits per heavy atom. The zero-order valence-corrected chi connectivity index (χ0v) is 14.9. The number of benzene rings is 1. The SMILES string of the molecule is COc1ccc(CN2CCN(CCOC(C)C)CC2)cc1OC. The predicted octanol–water partition coefficient (Wildman–Crippen LogP) is 2.25. The molecule has 0 radical (unpaired) electrons. The quantitative estimate of drug-likeness (QED) is 0.733. The molecule has 0 bridgehead atoms. The van der Waals surface area contributed by atoms with E-state index in [9.17, 15) is 0 Å². The lowest BCUT2D eigenvalue weighted by molar-refractivity contribution is 0.0437. The van der Waals surface area contributed by atoms with Gasteiger partial charge in [-0.2, -0.15) is 0 Å². The van der Waals surface area contributed by atoms with Crippen molar-refractivity contribution in [3.8, 4) is 11.5 Å². The minimum absolute atomic E-state index is 0.321. The average Bonchev–Trinajstić information content (AvgIpc) is 2.56. The molecule has 1 aliphatic rings. The Balaban J connectivity index is 1.78. The van der Waals surface area contributed by atoms with Crippen LogP contribution in [0.2, 0.25) is 0 Å². The van der Waals surface area contributed by atoms with E-state index in [0.717, 1.165) is 57.4 Å². The summed E-state index contributed by atoms with van der Waals surface area (Å²) >= 11 is 0. The number of hydrogen-bond acceptors (Lipinski definition) is 5. The molecule has 1 aromatic carbocycles. The van der Waals surface area contributed by atoms with Gasteiger partial charge >= 0.3 is 0 Å². The van der Waals surface area contributed by atoms with Gasteiger partial charge in [-0.05, 0) is 31.5 Å². The molecule has 130 valence electrons. The minimum Gasteiger partial charge on any atom is -0.493 e. The fraction of sp³-hybridized carbons (Fsp3) is 0.667. The topological polar surface area (TPSA) is 34.2 Å². The minimum atomic E-state index is 0.321. The molecule has 1 aromatic rings. The zero-order chi connectivity index (χ0) is 16.7. The van der Waals surface area contributed by atoms with Crippen LogP contribution in [0.1, 0.15) is 19.4 Å². The monoisotopic (exact) mass is 322 g/mol. The summed E-state index contributed by atoms with van der Waals surface area (Å²) in [5, 5.41) is 0. The van der Waals surface area contributed by atoms with Crippen LogP contribution < -0.4 is 9.47 Å². The maximum Gasteiger partial charge on any atom is 0.161 e. The number of nitrogens with zero attached hydrogens (tertiary/aromatic N) is 2. The lowest BCUT2D eigenvalue weighted by atomic mass is 10.1. The smallest absolute Gasteiger partial charge is 0.161 e. The highest BCUT2D eigenvalue weighted by Gasteiger charge is 2.17. The van der Waals surface area contributed by atoms with Crippen LogP contribution in [0.3, 0.4) is 0 Å². The molecule has 0 aliphatic carbocycles. The van der Waals surface area contributed by atoms with Gasteiger partial charge in [0.2, 0.25) is 0 Å². The van der Waals surface area contributed by atoms with E-state index in [-0.39, 0.29) is 0 Å². The van der Waals surface area contributed by atoms with Crippen molar-refractivity contribution in [1.82, 2.24) is 9.80 Å². The number of ether oxygens (including phenoxy) is 3. The summed E-state index contributed by atoms with van der Waals surface area (Å²) in [6.45, 7) is 11.4. The Labute approximate surface area is 140 Å². The van der Waals surface area contributed by atoms with Gasteiger partial charge in [-0.15, -0.1) is 0 Å². The van der Waals surface area contributed by atoms with Gasteiger partial charge in [0.1, 0.15) is 0 Å². The highest BCUT2D eigenvalue weighted by Crippen LogP contribution is 2.28. The van der Waals surface area contributed by atoms with Gasteiger partial charge in [0.05, 0.1) is 26.9 Å². The van der Waals surface area contributed by atoms with E-state index < -0.39 is 0 Å². The van der Waals surface area contributed by atoms with Crippen LogP contribution >= 0.6 is 0 Å². The van der Waals surface area contributed by atoms with Crippen molar-refractivity contribution in [2.75, 3.05) is 53.6 Å².